The van der Waals surface area contributed by atoms with Crippen LogP contribution in [-0.2, 0) is 16.6 Å². The van der Waals surface area contributed by atoms with Crippen molar-refractivity contribution in [1.82, 2.24) is 9.78 Å². The quantitative estimate of drug-likeness (QED) is 0.664. The normalized spacial score (nSPS) is 11.6. The first-order chi connectivity index (χ1) is 9.68. The van der Waals surface area contributed by atoms with E-state index in [9.17, 15) is 22.9 Å². The molecule has 0 saturated heterocycles. The second kappa shape index (κ2) is 5.22. The van der Waals surface area contributed by atoms with Gasteiger partial charge in [0.2, 0.25) is 14.9 Å². The number of sulfonamides is 1. The van der Waals surface area contributed by atoms with E-state index < -0.39 is 31.5 Å². The summed E-state index contributed by atoms with van der Waals surface area (Å²) in [4.78, 5) is 9.22. The van der Waals surface area contributed by atoms with Gasteiger partial charge in [0.25, 0.3) is 0 Å². The molecular formula is C11H11FN4O4S. The van der Waals surface area contributed by atoms with Crippen molar-refractivity contribution >= 4 is 15.8 Å². The van der Waals surface area contributed by atoms with Crippen LogP contribution in [0.2, 0.25) is 0 Å². The number of hydrogen-bond acceptors (Lipinski definition) is 5. The van der Waals surface area contributed by atoms with Crippen molar-refractivity contribution in [3.8, 4) is 0 Å². The van der Waals surface area contributed by atoms with Crippen LogP contribution in [0, 0.1) is 22.9 Å². The standard InChI is InChI=1S/C11H11FN4O4S/c1-7-4-9(12)3-2-8(7)5-15-6-10(21(13,19)20)11(14-15)16(17)18/h2-4,6H,5H2,1H3,(H2,13,19,20). The van der Waals surface area contributed by atoms with Crippen LogP contribution in [0.4, 0.5) is 10.2 Å². The van der Waals surface area contributed by atoms with Gasteiger partial charge in [-0.25, -0.2) is 17.9 Å². The SMILES string of the molecule is Cc1cc(F)ccc1Cn1cc(S(N)(=O)=O)c([N+](=O)[O-])n1. The summed E-state index contributed by atoms with van der Waals surface area (Å²) >= 11 is 0. The second-order valence-corrected chi connectivity index (χ2v) is 5.92. The third-order valence-electron chi connectivity index (χ3n) is 2.83. The molecule has 2 N–H and O–H groups in total. The highest BCUT2D eigenvalue weighted by Crippen LogP contribution is 2.21. The highest BCUT2D eigenvalue weighted by atomic mass is 32.2. The van der Waals surface area contributed by atoms with Gasteiger partial charge in [0, 0.05) is 0 Å². The lowest BCUT2D eigenvalue weighted by atomic mass is 10.1. The minimum absolute atomic E-state index is 0.0580. The summed E-state index contributed by atoms with van der Waals surface area (Å²) in [6.07, 6.45) is 0.982. The van der Waals surface area contributed by atoms with E-state index >= 15 is 0 Å². The van der Waals surface area contributed by atoms with Crippen LogP contribution in [0.25, 0.3) is 0 Å². The number of rotatable bonds is 4. The average Bonchev–Trinajstić information content (AvgIpc) is 2.77. The van der Waals surface area contributed by atoms with Gasteiger partial charge in [0.05, 0.1) is 17.8 Å². The van der Waals surface area contributed by atoms with E-state index in [4.69, 9.17) is 5.14 Å². The van der Waals surface area contributed by atoms with Gasteiger partial charge in [-0.2, -0.15) is 4.68 Å². The van der Waals surface area contributed by atoms with Crippen LogP contribution in [0.3, 0.4) is 0 Å². The minimum atomic E-state index is -4.25. The summed E-state index contributed by atoms with van der Waals surface area (Å²) in [5, 5.41) is 19.3. The second-order valence-electron chi connectivity index (χ2n) is 4.39. The van der Waals surface area contributed by atoms with Crippen molar-refractivity contribution in [2.75, 3.05) is 0 Å². The maximum atomic E-state index is 13.0. The number of aromatic nitrogens is 2. The Bertz CT molecular complexity index is 816. The first-order valence-electron chi connectivity index (χ1n) is 5.68. The Kier molecular flexibility index (Phi) is 3.75. The summed E-state index contributed by atoms with van der Waals surface area (Å²) in [6.45, 7) is 1.72. The zero-order valence-electron chi connectivity index (χ0n) is 10.9. The maximum absolute atomic E-state index is 13.0. The molecule has 0 unspecified atom stereocenters. The van der Waals surface area contributed by atoms with Gasteiger partial charge in [-0.1, -0.05) is 6.07 Å². The van der Waals surface area contributed by atoms with E-state index in [2.05, 4.69) is 5.10 Å². The van der Waals surface area contributed by atoms with Gasteiger partial charge in [0.15, 0.2) is 0 Å². The highest BCUT2D eigenvalue weighted by molar-refractivity contribution is 7.89. The number of nitro groups is 1. The summed E-state index contributed by atoms with van der Waals surface area (Å²) < 4.78 is 36.7. The molecular weight excluding hydrogens is 303 g/mol. The Balaban J connectivity index is 2.44. The topological polar surface area (TPSA) is 121 Å². The monoisotopic (exact) mass is 314 g/mol. The molecule has 0 atom stereocenters. The Morgan fingerprint density at radius 2 is 2.14 bits per heavy atom. The number of halogens is 1. The molecule has 2 aromatic rings. The zero-order chi connectivity index (χ0) is 15.8. The molecule has 10 heteroatoms. The van der Waals surface area contributed by atoms with Gasteiger partial charge in [0.1, 0.15) is 5.82 Å². The maximum Gasteiger partial charge on any atom is 0.410 e. The Labute approximate surface area is 119 Å². The van der Waals surface area contributed by atoms with E-state index in [1.54, 1.807) is 6.92 Å². The molecule has 2 rings (SSSR count). The van der Waals surface area contributed by atoms with Crippen molar-refractivity contribution in [2.24, 2.45) is 5.14 Å². The van der Waals surface area contributed by atoms with E-state index in [1.165, 1.54) is 18.2 Å². The first kappa shape index (κ1) is 15.1. The summed E-state index contributed by atoms with van der Waals surface area (Å²) in [6, 6.07) is 4.03. The predicted octanol–water partition coefficient (Wildman–Crippen LogP) is 0.935. The van der Waals surface area contributed by atoms with Crippen molar-refractivity contribution in [2.45, 2.75) is 18.4 Å². The molecule has 0 aliphatic rings. The van der Waals surface area contributed by atoms with Crippen LogP contribution in [0.15, 0.2) is 29.3 Å². The third kappa shape index (κ3) is 3.23. The van der Waals surface area contributed by atoms with Crippen molar-refractivity contribution in [1.29, 1.82) is 0 Å². The Hall–Kier alpha value is -2.33. The van der Waals surface area contributed by atoms with Gasteiger partial charge < -0.3 is 10.1 Å². The van der Waals surface area contributed by atoms with Crippen molar-refractivity contribution in [3.05, 3.63) is 51.5 Å². The molecule has 1 aromatic heterocycles. The highest BCUT2D eigenvalue weighted by Gasteiger charge is 2.28. The molecule has 8 nitrogen and oxygen atoms in total. The van der Waals surface area contributed by atoms with Crippen LogP contribution >= 0.6 is 0 Å². The Morgan fingerprint density at radius 1 is 1.48 bits per heavy atom. The summed E-state index contributed by atoms with van der Waals surface area (Å²) in [7, 11) is -4.25. The van der Waals surface area contributed by atoms with Crippen LogP contribution < -0.4 is 5.14 Å². The lowest BCUT2D eigenvalue weighted by molar-refractivity contribution is -0.392. The van der Waals surface area contributed by atoms with E-state index in [-0.39, 0.29) is 6.54 Å². The van der Waals surface area contributed by atoms with Gasteiger partial charge >= 0.3 is 5.82 Å². The number of aryl methyl sites for hydroxylation is 1. The molecule has 0 amide bonds. The molecule has 0 aliphatic carbocycles. The molecule has 0 saturated carbocycles. The minimum Gasteiger partial charge on any atom is -0.358 e. The van der Waals surface area contributed by atoms with Crippen molar-refractivity contribution < 1.29 is 17.7 Å². The number of nitrogens with zero attached hydrogens (tertiary/aromatic N) is 3. The van der Waals surface area contributed by atoms with Crippen LogP contribution in [0.5, 0.6) is 0 Å². The molecule has 0 bridgehead atoms. The number of benzene rings is 1. The lowest BCUT2D eigenvalue weighted by Crippen LogP contribution is -2.13. The van der Waals surface area contributed by atoms with Crippen molar-refractivity contribution in [3.63, 3.8) is 0 Å². The van der Waals surface area contributed by atoms with Crippen LogP contribution in [-0.4, -0.2) is 23.1 Å². The average molecular weight is 314 g/mol. The van der Waals surface area contributed by atoms with E-state index in [1.807, 2.05) is 0 Å². The third-order valence-corrected chi connectivity index (χ3v) is 3.73. The molecule has 1 aromatic carbocycles. The van der Waals surface area contributed by atoms with E-state index in [0.717, 1.165) is 10.9 Å². The van der Waals surface area contributed by atoms with E-state index in [0.29, 0.717) is 11.1 Å². The molecule has 21 heavy (non-hydrogen) atoms. The fourth-order valence-corrected chi connectivity index (χ4v) is 2.45. The molecule has 0 aliphatic heterocycles. The van der Waals surface area contributed by atoms with Gasteiger partial charge in [-0.3, -0.25) is 0 Å². The summed E-state index contributed by atoms with van der Waals surface area (Å²) in [5.74, 6) is -1.25. The zero-order valence-corrected chi connectivity index (χ0v) is 11.7. The molecule has 0 spiro atoms. The lowest BCUT2D eigenvalue weighted by Gasteiger charge is -2.03. The van der Waals surface area contributed by atoms with Gasteiger partial charge in [-0.15, -0.1) is 0 Å². The number of nitrogens with two attached hydrogens (primary N) is 1. The summed E-state index contributed by atoms with van der Waals surface area (Å²) in [5.41, 5.74) is 1.26. The fraction of sp³-hybridized carbons (Fsp3) is 0.182. The molecule has 0 fully saturated rings. The number of hydrogen-bond donors (Lipinski definition) is 1. The van der Waals surface area contributed by atoms with Gasteiger partial charge in [-0.05, 0) is 35.1 Å². The largest absolute Gasteiger partial charge is 0.410 e. The molecule has 0 radical (unpaired) electrons. The molecule has 1 heterocycles. The smallest absolute Gasteiger partial charge is 0.358 e. The molecule has 112 valence electrons. The predicted molar refractivity (Wildman–Crippen MR) is 70.5 cm³/mol. The number of primary sulfonamides is 1. The Morgan fingerprint density at radius 3 is 2.62 bits per heavy atom. The fourth-order valence-electron chi connectivity index (χ4n) is 1.81. The van der Waals surface area contributed by atoms with Crippen LogP contribution in [0.1, 0.15) is 11.1 Å². The first-order valence-corrected chi connectivity index (χ1v) is 7.23.